The number of nitrogens with one attached hydrogen (secondary N) is 1. The van der Waals surface area contributed by atoms with Gasteiger partial charge in [-0.2, -0.15) is 5.10 Å². The molecule has 34 heavy (non-hydrogen) atoms. The molecule has 0 saturated heterocycles. The standard InChI is InChI=1S/C25H19FN4O3S/c1-32-22-14-17(7-10-21(22)33-15-16-5-8-19(26)9-6-16)23(31)28-20-4-2-3-18(13-20)24-29-30-12-11-27-25(30)34-24/h2-14H,15H2,1H3,(H,28,31). The number of amides is 1. The van der Waals surface area contributed by atoms with Gasteiger partial charge < -0.3 is 14.8 Å². The normalized spacial score (nSPS) is 10.9. The van der Waals surface area contributed by atoms with Crippen molar-refractivity contribution in [1.82, 2.24) is 14.6 Å². The van der Waals surface area contributed by atoms with Gasteiger partial charge in [0.2, 0.25) is 4.96 Å². The predicted molar refractivity (Wildman–Crippen MR) is 128 cm³/mol. The van der Waals surface area contributed by atoms with Gasteiger partial charge in [0.15, 0.2) is 11.5 Å². The highest BCUT2D eigenvalue weighted by atomic mass is 32.1. The van der Waals surface area contributed by atoms with Crippen LogP contribution in [0.2, 0.25) is 0 Å². The van der Waals surface area contributed by atoms with Gasteiger partial charge in [0.25, 0.3) is 5.91 Å². The van der Waals surface area contributed by atoms with Gasteiger partial charge in [0.1, 0.15) is 17.4 Å². The second-order valence-corrected chi connectivity index (χ2v) is 8.33. The molecule has 1 amide bonds. The van der Waals surface area contributed by atoms with Crippen molar-refractivity contribution < 1.29 is 18.7 Å². The number of anilines is 1. The van der Waals surface area contributed by atoms with Gasteiger partial charge in [-0.3, -0.25) is 4.79 Å². The summed E-state index contributed by atoms with van der Waals surface area (Å²) in [6, 6.07) is 18.5. The monoisotopic (exact) mass is 474 g/mol. The summed E-state index contributed by atoms with van der Waals surface area (Å²) in [6.07, 6.45) is 3.49. The number of nitrogens with zero attached hydrogens (tertiary/aromatic N) is 3. The van der Waals surface area contributed by atoms with Crippen LogP contribution >= 0.6 is 11.3 Å². The third-order valence-electron chi connectivity index (χ3n) is 5.08. The van der Waals surface area contributed by atoms with Crippen molar-refractivity contribution in [3.63, 3.8) is 0 Å². The van der Waals surface area contributed by atoms with E-state index in [2.05, 4.69) is 15.4 Å². The average Bonchev–Trinajstić information content (AvgIpc) is 3.46. The Bertz CT molecular complexity index is 1430. The van der Waals surface area contributed by atoms with Crippen molar-refractivity contribution in [2.75, 3.05) is 12.4 Å². The quantitative estimate of drug-likeness (QED) is 0.340. The van der Waals surface area contributed by atoms with Gasteiger partial charge in [0, 0.05) is 23.0 Å². The fourth-order valence-electron chi connectivity index (χ4n) is 3.36. The molecule has 0 unspecified atom stereocenters. The van der Waals surface area contributed by atoms with Gasteiger partial charge in [-0.15, -0.1) is 0 Å². The minimum Gasteiger partial charge on any atom is -0.493 e. The van der Waals surface area contributed by atoms with E-state index in [-0.39, 0.29) is 18.3 Å². The van der Waals surface area contributed by atoms with Crippen molar-refractivity contribution in [2.24, 2.45) is 0 Å². The van der Waals surface area contributed by atoms with Crippen LogP contribution in [-0.4, -0.2) is 27.6 Å². The second-order valence-electron chi connectivity index (χ2n) is 7.38. The smallest absolute Gasteiger partial charge is 0.255 e. The van der Waals surface area contributed by atoms with Crippen molar-refractivity contribution in [3.8, 4) is 22.1 Å². The highest BCUT2D eigenvalue weighted by molar-refractivity contribution is 7.19. The number of benzene rings is 3. The van der Waals surface area contributed by atoms with E-state index < -0.39 is 0 Å². The summed E-state index contributed by atoms with van der Waals surface area (Å²) in [5.74, 6) is 0.326. The number of aromatic nitrogens is 3. The summed E-state index contributed by atoms with van der Waals surface area (Å²) in [4.78, 5) is 17.9. The molecular formula is C25H19FN4O3S. The lowest BCUT2D eigenvalue weighted by Crippen LogP contribution is -2.12. The molecule has 0 aliphatic carbocycles. The van der Waals surface area contributed by atoms with E-state index in [0.717, 1.165) is 21.1 Å². The lowest BCUT2D eigenvalue weighted by molar-refractivity contribution is 0.102. The summed E-state index contributed by atoms with van der Waals surface area (Å²) >= 11 is 1.47. The van der Waals surface area contributed by atoms with Gasteiger partial charge in [-0.25, -0.2) is 13.9 Å². The van der Waals surface area contributed by atoms with E-state index in [1.807, 2.05) is 24.3 Å². The van der Waals surface area contributed by atoms with Crippen LogP contribution in [0.3, 0.4) is 0 Å². The summed E-state index contributed by atoms with van der Waals surface area (Å²) in [5, 5.41) is 8.23. The number of rotatable bonds is 7. The van der Waals surface area contributed by atoms with Crippen LogP contribution in [0.1, 0.15) is 15.9 Å². The number of halogens is 1. The van der Waals surface area contributed by atoms with Crippen molar-refractivity contribution in [1.29, 1.82) is 0 Å². The van der Waals surface area contributed by atoms with E-state index in [0.29, 0.717) is 22.7 Å². The summed E-state index contributed by atoms with van der Waals surface area (Å²) in [6.45, 7) is 0.247. The SMILES string of the molecule is COc1cc(C(=O)Nc2cccc(-c3nn4ccnc4s3)c2)ccc1OCc1ccc(F)cc1. The van der Waals surface area contributed by atoms with Crippen LogP contribution in [0.5, 0.6) is 11.5 Å². The first-order valence-electron chi connectivity index (χ1n) is 10.4. The molecule has 0 saturated carbocycles. The molecule has 170 valence electrons. The Balaban J connectivity index is 1.29. The molecule has 5 rings (SSSR count). The van der Waals surface area contributed by atoms with E-state index in [1.54, 1.807) is 47.2 Å². The van der Waals surface area contributed by atoms with E-state index in [1.165, 1.54) is 30.6 Å². The number of carbonyl (C=O) groups is 1. The molecule has 1 N–H and O–H groups in total. The zero-order valence-electron chi connectivity index (χ0n) is 18.1. The maximum Gasteiger partial charge on any atom is 0.255 e. The van der Waals surface area contributed by atoms with Gasteiger partial charge in [0.05, 0.1) is 13.3 Å². The Kier molecular flexibility index (Phi) is 5.92. The highest BCUT2D eigenvalue weighted by Gasteiger charge is 2.13. The van der Waals surface area contributed by atoms with Gasteiger partial charge >= 0.3 is 0 Å². The third kappa shape index (κ3) is 4.60. The summed E-state index contributed by atoms with van der Waals surface area (Å²) < 4.78 is 26.0. The van der Waals surface area contributed by atoms with Gasteiger partial charge in [-0.05, 0) is 48.0 Å². The number of fused-ring (bicyclic) bond motifs is 1. The van der Waals surface area contributed by atoms with Gasteiger partial charge in [-0.1, -0.05) is 35.6 Å². The Hall–Kier alpha value is -4.24. The van der Waals surface area contributed by atoms with Crippen molar-refractivity contribution in [2.45, 2.75) is 6.61 Å². The molecule has 0 atom stereocenters. The van der Waals surface area contributed by atoms with Crippen LogP contribution in [0.15, 0.2) is 79.1 Å². The first-order chi connectivity index (χ1) is 16.6. The highest BCUT2D eigenvalue weighted by Crippen LogP contribution is 2.30. The zero-order valence-corrected chi connectivity index (χ0v) is 18.9. The Labute approximate surface area is 198 Å². The lowest BCUT2D eigenvalue weighted by atomic mass is 10.1. The Morgan fingerprint density at radius 1 is 1.09 bits per heavy atom. The molecule has 5 aromatic rings. The second kappa shape index (κ2) is 9.32. The van der Waals surface area contributed by atoms with Crippen molar-refractivity contribution >= 4 is 27.9 Å². The largest absolute Gasteiger partial charge is 0.493 e. The van der Waals surface area contributed by atoms with Crippen LogP contribution in [0.25, 0.3) is 15.5 Å². The fourth-order valence-corrected chi connectivity index (χ4v) is 4.21. The first kappa shape index (κ1) is 21.6. The minimum atomic E-state index is -0.302. The topological polar surface area (TPSA) is 77.8 Å². The molecule has 2 aromatic heterocycles. The summed E-state index contributed by atoms with van der Waals surface area (Å²) in [5.41, 5.74) is 2.77. The molecular weight excluding hydrogens is 455 g/mol. The fraction of sp³-hybridized carbons (Fsp3) is 0.0800. The van der Waals surface area contributed by atoms with E-state index >= 15 is 0 Å². The first-order valence-corrected chi connectivity index (χ1v) is 11.2. The molecule has 9 heteroatoms. The third-order valence-corrected chi connectivity index (χ3v) is 6.06. The zero-order chi connectivity index (χ0) is 23.5. The predicted octanol–water partition coefficient (Wildman–Crippen LogP) is 5.44. The molecule has 0 fully saturated rings. The number of carbonyl (C=O) groups excluding carboxylic acids is 1. The van der Waals surface area contributed by atoms with Crippen LogP contribution < -0.4 is 14.8 Å². The summed E-state index contributed by atoms with van der Waals surface area (Å²) in [7, 11) is 1.51. The molecule has 3 aromatic carbocycles. The average molecular weight is 475 g/mol. The van der Waals surface area contributed by atoms with E-state index in [9.17, 15) is 9.18 Å². The van der Waals surface area contributed by atoms with E-state index in [4.69, 9.17) is 9.47 Å². The molecule has 0 aliphatic heterocycles. The lowest BCUT2D eigenvalue weighted by Gasteiger charge is -2.13. The molecule has 2 heterocycles. The minimum absolute atomic E-state index is 0.247. The maximum absolute atomic E-state index is 13.1. The molecule has 7 nitrogen and oxygen atoms in total. The van der Waals surface area contributed by atoms with Crippen LogP contribution in [0, 0.1) is 5.82 Å². The molecule has 0 bridgehead atoms. The molecule has 0 aliphatic rings. The maximum atomic E-state index is 13.1. The van der Waals surface area contributed by atoms with Crippen LogP contribution in [0.4, 0.5) is 10.1 Å². The Morgan fingerprint density at radius 2 is 1.94 bits per heavy atom. The van der Waals surface area contributed by atoms with Crippen molar-refractivity contribution in [3.05, 3.63) is 96.1 Å². The number of methoxy groups -OCH3 is 1. The molecule has 0 radical (unpaired) electrons. The molecule has 0 spiro atoms. The van der Waals surface area contributed by atoms with Crippen LogP contribution in [-0.2, 0) is 6.61 Å². The Morgan fingerprint density at radius 3 is 2.74 bits per heavy atom. The number of hydrogen-bond acceptors (Lipinski definition) is 6. The number of ether oxygens (including phenoxy) is 2. The number of hydrogen-bond donors (Lipinski definition) is 1. The number of imidazole rings is 1.